The molecule has 260 valence electrons. The maximum absolute atomic E-state index is 13.9. The van der Waals surface area contributed by atoms with Crippen LogP contribution in [0.2, 0.25) is 0 Å². The summed E-state index contributed by atoms with van der Waals surface area (Å²) in [4.78, 5) is 21.4. The highest BCUT2D eigenvalue weighted by atomic mass is 19.4. The van der Waals surface area contributed by atoms with Crippen LogP contribution >= 0.6 is 0 Å². The Labute approximate surface area is 247 Å². The molecule has 0 aliphatic carbocycles. The number of methoxy groups -OCH3 is 1. The van der Waals surface area contributed by atoms with Crippen LogP contribution in [-0.4, -0.2) is 62.3 Å². The van der Waals surface area contributed by atoms with Gasteiger partial charge in [0.2, 0.25) is 5.41 Å². The van der Waals surface area contributed by atoms with E-state index in [0.29, 0.717) is 12.1 Å². The summed E-state index contributed by atoms with van der Waals surface area (Å²) in [6.07, 6.45) is -38.8. The molecular weight excluding hydrogens is 681 g/mol. The van der Waals surface area contributed by atoms with E-state index in [1.165, 1.54) is 7.11 Å². The van der Waals surface area contributed by atoms with Crippen molar-refractivity contribution in [2.75, 3.05) is 7.11 Å². The van der Waals surface area contributed by atoms with Crippen molar-refractivity contribution in [3.8, 4) is 11.5 Å². The van der Waals surface area contributed by atoms with Gasteiger partial charge in [0.05, 0.1) is 7.11 Å². The van der Waals surface area contributed by atoms with Gasteiger partial charge in [0, 0.05) is 6.92 Å². The number of benzene rings is 2. The summed E-state index contributed by atoms with van der Waals surface area (Å²) < 4.78 is 206. The summed E-state index contributed by atoms with van der Waals surface area (Å²) in [5.41, 5.74) is -6.33. The van der Waals surface area contributed by atoms with Gasteiger partial charge in [-0.2, -0.15) is 65.9 Å². The Morgan fingerprint density at radius 2 is 0.957 bits per heavy atom. The molecule has 0 saturated heterocycles. The standard InChI is InChI=1S/C18H14F6O3.C7H5F9O3/c1-11(25)27-15-9-5-13(6-10-15)16(17(19,20)21,18(22,23)24)12-3-7-14(26-2)8-4-12;1-2(5(8,9)10)18-4(17)19-3(6(11,12)13)7(14,15)16/h3-10H,1-2H3;2-3H,1H3. The Balaban J connectivity index is 0.000000492. The van der Waals surface area contributed by atoms with Crippen molar-refractivity contribution in [1.82, 2.24) is 0 Å². The van der Waals surface area contributed by atoms with Crippen molar-refractivity contribution >= 4 is 12.1 Å². The highest BCUT2D eigenvalue weighted by Crippen LogP contribution is 2.56. The zero-order valence-electron chi connectivity index (χ0n) is 22.9. The lowest BCUT2D eigenvalue weighted by Gasteiger charge is -2.38. The van der Waals surface area contributed by atoms with Crippen molar-refractivity contribution in [2.24, 2.45) is 0 Å². The van der Waals surface area contributed by atoms with Crippen molar-refractivity contribution in [3.63, 3.8) is 0 Å². The number of carbonyl (C=O) groups is 2. The molecule has 2 rings (SSSR count). The molecule has 46 heavy (non-hydrogen) atoms. The van der Waals surface area contributed by atoms with Gasteiger partial charge >= 0.3 is 43.0 Å². The minimum atomic E-state index is -6.03. The van der Waals surface area contributed by atoms with E-state index < -0.39 is 71.8 Å². The van der Waals surface area contributed by atoms with E-state index >= 15 is 0 Å². The molecule has 1 unspecified atom stereocenters. The number of rotatable bonds is 6. The van der Waals surface area contributed by atoms with E-state index in [0.717, 1.165) is 43.3 Å². The predicted molar refractivity (Wildman–Crippen MR) is 123 cm³/mol. The molecule has 6 nitrogen and oxygen atoms in total. The maximum Gasteiger partial charge on any atom is 0.509 e. The van der Waals surface area contributed by atoms with Crippen LogP contribution in [0, 0.1) is 0 Å². The topological polar surface area (TPSA) is 71.1 Å². The lowest BCUT2D eigenvalue weighted by molar-refractivity contribution is -0.313. The minimum absolute atomic E-state index is 0.113. The smallest absolute Gasteiger partial charge is 0.497 e. The lowest BCUT2D eigenvalue weighted by Crippen LogP contribution is -2.54. The van der Waals surface area contributed by atoms with Crippen LogP contribution in [0.15, 0.2) is 48.5 Å². The van der Waals surface area contributed by atoms with Gasteiger partial charge in [0.15, 0.2) is 6.10 Å². The molecule has 0 aromatic heterocycles. The van der Waals surface area contributed by atoms with Crippen LogP contribution < -0.4 is 9.47 Å². The number of hydrogen-bond donors (Lipinski definition) is 0. The SMILES string of the molecule is CC(OC(=O)OC(C(F)(F)F)C(F)(F)F)C(F)(F)F.COc1ccc(C(c2ccc(OC(C)=O)cc2)(C(F)(F)F)C(F)(F)F)cc1. The van der Waals surface area contributed by atoms with Crippen molar-refractivity contribution in [3.05, 3.63) is 59.7 Å². The molecular formula is C25H19F15O6. The minimum Gasteiger partial charge on any atom is -0.497 e. The average Bonchev–Trinajstić information content (AvgIpc) is 2.85. The van der Waals surface area contributed by atoms with Gasteiger partial charge in [-0.05, 0) is 42.3 Å². The van der Waals surface area contributed by atoms with E-state index in [4.69, 9.17) is 4.74 Å². The van der Waals surface area contributed by atoms with Crippen LogP contribution in [0.25, 0.3) is 0 Å². The molecule has 0 radical (unpaired) electrons. The molecule has 0 amide bonds. The molecule has 0 saturated carbocycles. The molecule has 2 aromatic carbocycles. The van der Waals surface area contributed by atoms with Gasteiger partial charge in [-0.3, -0.25) is 4.79 Å². The first-order valence-corrected chi connectivity index (χ1v) is 11.7. The first-order valence-electron chi connectivity index (χ1n) is 11.7. The molecule has 1 atom stereocenters. The van der Waals surface area contributed by atoms with Crippen LogP contribution in [0.4, 0.5) is 70.7 Å². The van der Waals surface area contributed by atoms with Crippen LogP contribution in [0.1, 0.15) is 25.0 Å². The molecule has 2 aromatic rings. The van der Waals surface area contributed by atoms with Gasteiger partial charge in [0.1, 0.15) is 11.5 Å². The van der Waals surface area contributed by atoms with E-state index in [9.17, 15) is 75.4 Å². The van der Waals surface area contributed by atoms with Gasteiger partial charge in [-0.15, -0.1) is 0 Å². The van der Waals surface area contributed by atoms with Crippen LogP contribution in [0.5, 0.6) is 11.5 Å². The maximum atomic E-state index is 13.9. The van der Waals surface area contributed by atoms with Gasteiger partial charge in [-0.1, -0.05) is 24.3 Å². The lowest BCUT2D eigenvalue weighted by atomic mass is 9.73. The Morgan fingerprint density at radius 3 is 1.24 bits per heavy atom. The van der Waals surface area contributed by atoms with Gasteiger partial charge in [-0.25, -0.2) is 4.79 Å². The quantitative estimate of drug-likeness (QED) is 0.171. The van der Waals surface area contributed by atoms with E-state index in [2.05, 4.69) is 14.2 Å². The summed E-state index contributed by atoms with van der Waals surface area (Å²) in [5, 5.41) is 0. The Bertz CT molecular complexity index is 1260. The fourth-order valence-corrected chi connectivity index (χ4v) is 3.42. The number of carbonyl (C=O) groups excluding carboxylic acids is 2. The molecule has 0 aliphatic heterocycles. The highest BCUT2D eigenvalue weighted by molar-refractivity contribution is 5.69. The predicted octanol–water partition coefficient (Wildman–Crippen LogP) is 8.61. The van der Waals surface area contributed by atoms with E-state index in [1.807, 2.05) is 0 Å². The van der Waals surface area contributed by atoms with Crippen molar-refractivity contribution < 1.29 is 94.4 Å². The summed E-state index contributed by atoms with van der Waals surface area (Å²) in [7, 11) is 1.24. The summed E-state index contributed by atoms with van der Waals surface area (Å²) in [5.74, 6) is -0.808. The number of ether oxygens (including phenoxy) is 4. The van der Waals surface area contributed by atoms with E-state index in [1.54, 1.807) is 0 Å². The van der Waals surface area contributed by atoms with E-state index in [-0.39, 0.29) is 18.4 Å². The Hall–Kier alpha value is -4.07. The molecule has 0 heterocycles. The summed E-state index contributed by atoms with van der Waals surface area (Å²) in [6, 6.07) is 6.54. The van der Waals surface area contributed by atoms with Gasteiger partial charge in [0.25, 0.3) is 6.10 Å². The average molecular weight is 700 g/mol. The van der Waals surface area contributed by atoms with Gasteiger partial charge < -0.3 is 18.9 Å². The third-order valence-electron chi connectivity index (χ3n) is 5.46. The second kappa shape index (κ2) is 14.1. The number of halogens is 15. The number of alkyl halides is 15. The second-order valence-corrected chi connectivity index (χ2v) is 8.72. The molecule has 0 spiro atoms. The second-order valence-electron chi connectivity index (χ2n) is 8.72. The molecule has 0 aliphatic rings. The summed E-state index contributed by atoms with van der Waals surface area (Å²) >= 11 is 0. The Morgan fingerprint density at radius 1 is 0.587 bits per heavy atom. The fourth-order valence-electron chi connectivity index (χ4n) is 3.42. The summed E-state index contributed by atoms with van der Waals surface area (Å²) in [6.45, 7) is 1.26. The Kier molecular flexibility index (Phi) is 12.3. The van der Waals surface area contributed by atoms with Crippen LogP contribution in [0.3, 0.4) is 0 Å². The third-order valence-corrected chi connectivity index (χ3v) is 5.46. The zero-order valence-corrected chi connectivity index (χ0v) is 22.9. The fraction of sp³-hybridized carbons (Fsp3) is 0.440. The van der Waals surface area contributed by atoms with Crippen molar-refractivity contribution in [2.45, 2.75) is 62.4 Å². The first-order chi connectivity index (χ1) is 20.6. The normalized spacial score (nSPS) is 13.7. The van der Waals surface area contributed by atoms with Crippen LogP contribution in [-0.2, 0) is 19.7 Å². The monoisotopic (exact) mass is 700 g/mol. The molecule has 0 fully saturated rings. The zero-order chi connectivity index (χ0) is 36.1. The molecule has 0 N–H and O–H groups in total. The number of hydrogen-bond acceptors (Lipinski definition) is 6. The largest absolute Gasteiger partial charge is 0.509 e. The van der Waals surface area contributed by atoms with Crippen molar-refractivity contribution in [1.29, 1.82) is 0 Å². The molecule has 0 bridgehead atoms. The third kappa shape index (κ3) is 9.96. The number of esters is 1. The first kappa shape index (κ1) is 40.0. The molecule has 21 heteroatoms. The highest BCUT2D eigenvalue weighted by Gasteiger charge is 2.72.